The van der Waals surface area contributed by atoms with E-state index in [1.165, 1.54) is 0 Å². The Morgan fingerprint density at radius 3 is 2.86 bits per heavy atom. The summed E-state index contributed by atoms with van der Waals surface area (Å²) in [5, 5.41) is 0. The Morgan fingerprint density at radius 2 is 2.21 bits per heavy atom. The normalized spacial score (nSPS) is 10.1. The molecule has 2 aromatic rings. The number of pyridine rings is 2. The van der Waals surface area contributed by atoms with E-state index < -0.39 is 0 Å². The van der Waals surface area contributed by atoms with E-state index in [-0.39, 0.29) is 5.56 Å². The summed E-state index contributed by atoms with van der Waals surface area (Å²) in [6.45, 7) is 1.78. The van der Waals surface area contributed by atoms with E-state index in [4.69, 9.17) is 0 Å². The van der Waals surface area contributed by atoms with Crippen molar-refractivity contribution in [1.82, 2.24) is 9.97 Å². The van der Waals surface area contributed by atoms with Gasteiger partial charge in [0, 0.05) is 23.5 Å². The quantitative estimate of drug-likeness (QED) is 0.737. The highest BCUT2D eigenvalue weighted by Gasteiger charge is 1.99. The third kappa shape index (κ3) is 1.57. The number of aryl methyl sites for hydroxylation is 1. The predicted octanol–water partition coefficient (Wildman–Crippen LogP) is 1.75. The number of hydrogen-bond donors (Lipinski definition) is 1. The van der Waals surface area contributed by atoms with E-state index in [0.29, 0.717) is 5.56 Å². The zero-order chi connectivity index (χ0) is 9.97. The number of hydrogen-bond acceptors (Lipinski definition) is 2. The third-order valence-corrected chi connectivity index (χ3v) is 2.05. The molecule has 0 unspecified atom stereocenters. The first-order valence-electron chi connectivity index (χ1n) is 4.38. The minimum atomic E-state index is -0.0512. The molecule has 2 heterocycles. The van der Waals surface area contributed by atoms with Gasteiger partial charge in [0.2, 0.25) is 0 Å². The van der Waals surface area contributed by atoms with Gasteiger partial charge in [0.15, 0.2) is 0 Å². The maximum absolute atomic E-state index is 11.1. The fourth-order valence-electron chi connectivity index (χ4n) is 1.28. The molecule has 70 valence electrons. The van der Waals surface area contributed by atoms with Crippen molar-refractivity contribution in [2.24, 2.45) is 0 Å². The van der Waals surface area contributed by atoms with Gasteiger partial charge in [0.25, 0.3) is 5.56 Å². The van der Waals surface area contributed by atoms with Crippen LogP contribution in [-0.4, -0.2) is 9.97 Å². The summed E-state index contributed by atoms with van der Waals surface area (Å²) in [6.07, 6.45) is 3.41. The number of nitrogens with zero attached hydrogens (tertiary/aromatic N) is 1. The maximum atomic E-state index is 11.1. The molecule has 0 aliphatic carbocycles. The van der Waals surface area contributed by atoms with Crippen LogP contribution in [0.3, 0.4) is 0 Å². The molecule has 0 fully saturated rings. The second-order valence-corrected chi connectivity index (χ2v) is 3.12. The van der Waals surface area contributed by atoms with Crippen molar-refractivity contribution in [2.75, 3.05) is 0 Å². The lowest BCUT2D eigenvalue weighted by molar-refractivity contribution is 1.17. The van der Waals surface area contributed by atoms with E-state index in [0.717, 1.165) is 11.3 Å². The van der Waals surface area contributed by atoms with Crippen molar-refractivity contribution < 1.29 is 0 Å². The van der Waals surface area contributed by atoms with Crippen LogP contribution in [0, 0.1) is 6.92 Å². The molecule has 3 nitrogen and oxygen atoms in total. The summed E-state index contributed by atoms with van der Waals surface area (Å²) >= 11 is 0. The fraction of sp³-hybridized carbons (Fsp3) is 0.0909. The van der Waals surface area contributed by atoms with Gasteiger partial charge in [-0.05, 0) is 25.1 Å². The second-order valence-electron chi connectivity index (χ2n) is 3.12. The van der Waals surface area contributed by atoms with Crippen LogP contribution < -0.4 is 5.56 Å². The Balaban J connectivity index is 2.54. The van der Waals surface area contributed by atoms with Crippen LogP contribution in [0.1, 0.15) is 5.56 Å². The summed E-state index contributed by atoms with van der Waals surface area (Å²) in [5.41, 5.74) is 2.45. The fourth-order valence-corrected chi connectivity index (χ4v) is 1.28. The molecule has 0 saturated heterocycles. The van der Waals surface area contributed by atoms with Crippen LogP contribution in [0.15, 0.2) is 41.5 Å². The summed E-state index contributed by atoms with van der Waals surface area (Å²) in [5.74, 6) is 0. The standard InChI is InChI=1S/C11H10N2O/c1-8-6-9(7-13-11(8)14)10-4-2-3-5-12-10/h2-7H,1H3,(H,13,14). The van der Waals surface area contributed by atoms with Crippen LogP contribution in [0.4, 0.5) is 0 Å². The molecule has 0 radical (unpaired) electrons. The van der Waals surface area contributed by atoms with Crippen LogP contribution in [0.25, 0.3) is 11.3 Å². The lowest BCUT2D eigenvalue weighted by Crippen LogP contribution is -2.07. The van der Waals surface area contributed by atoms with E-state index in [2.05, 4.69) is 9.97 Å². The van der Waals surface area contributed by atoms with E-state index in [9.17, 15) is 4.79 Å². The topological polar surface area (TPSA) is 45.8 Å². The summed E-state index contributed by atoms with van der Waals surface area (Å²) < 4.78 is 0. The Kier molecular flexibility index (Phi) is 2.14. The first kappa shape index (κ1) is 8.69. The van der Waals surface area contributed by atoms with Crippen LogP contribution in [0.2, 0.25) is 0 Å². The van der Waals surface area contributed by atoms with Crippen molar-refractivity contribution in [3.8, 4) is 11.3 Å². The molecule has 0 aliphatic rings. The van der Waals surface area contributed by atoms with Gasteiger partial charge in [-0.1, -0.05) is 6.07 Å². The highest BCUT2D eigenvalue weighted by molar-refractivity contribution is 5.57. The molecular weight excluding hydrogens is 176 g/mol. The average Bonchev–Trinajstić information content (AvgIpc) is 2.23. The number of rotatable bonds is 1. The van der Waals surface area contributed by atoms with E-state index >= 15 is 0 Å². The van der Waals surface area contributed by atoms with E-state index in [1.807, 2.05) is 24.3 Å². The summed E-state index contributed by atoms with van der Waals surface area (Å²) in [4.78, 5) is 18.0. The SMILES string of the molecule is Cc1cc(-c2ccccn2)c[nH]c1=O. The molecule has 3 heteroatoms. The minimum Gasteiger partial charge on any atom is -0.328 e. The van der Waals surface area contributed by atoms with Gasteiger partial charge in [0.05, 0.1) is 5.69 Å². The monoisotopic (exact) mass is 186 g/mol. The highest BCUT2D eigenvalue weighted by Crippen LogP contribution is 2.13. The van der Waals surface area contributed by atoms with Crippen LogP contribution in [0.5, 0.6) is 0 Å². The molecule has 0 bridgehead atoms. The van der Waals surface area contributed by atoms with Gasteiger partial charge in [-0.25, -0.2) is 0 Å². The Bertz CT molecular complexity index is 488. The lowest BCUT2D eigenvalue weighted by atomic mass is 10.1. The third-order valence-electron chi connectivity index (χ3n) is 2.05. The van der Waals surface area contributed by atoms with Crippen molar-refractivity contribution >= 4 is 0 Å². The zero-order valence-electron chi connectivity index (χ0n) is 7.82. The van der Waals surface area contributed by atoms with E-state index in [1.54, 1.807) is 19.3 Å². The molecule has 0 aromatic carbocycles. The number of nitrogens with one attached hydrogen (secondary N) is 1. The van der Waals surface area contributed by atoms with Crippen molar-refractivity contribution in [3.05, 3.63) is 52.6 Å². The zero-order valence-corrected chi connectivity index (χ0v) is 7.82. The molecule has 0 saturated carbocycles. The first-order valence-corrected chi connectivity index (χ1v) is 4.38. The summed E-state index contributed by atoms with van der Waals surface area (Å²) in [6, 6.07) is 7.53. The predicted molar refractivity (Wildman–Crippen MR) is 55.0 cm³/mol. The minimum absolute atomic E-state index is 0.0512. The van der Waals surface area contributed by atoms with Crippen molar-refractivity contribution in [1.29, 1.82) is 0 Å². The maximum Gasteiger partial charge on any atom is 0.250 e. The Labute approximate surface area is 81.5 Å². The number of aromatic amines is 1. The van der Waals surface area contributed by atoms with Gasteiger partial charge < -0.3 is 4.98 Å². The molecule has 0 amide bonds. The molecule has 1 N–H and O–H groups in total. The van der Waals surface area contributed by atoms with Crippen molar-refractivity contribution in [3.63, 3.8) is 0 Å². The second kappa shape index (κ2) is 3.46. The molecule has 0 atom stereocenters. The lowest BCUT2D eigenvalue weighted by Gasteiger charge is -2.00. The van der Waals surface area contributed by atoms with Crippen LogP contribution >= 0.6 is 0 Å². The molecule has 2 rings (SSSR count). The van der Waals surface area contributed by atoms with Crippen LogP contribution in [-0.2, 0) is 0 Å². The average molecular weight is 186 g/mol. The molecule has 2 aromatic heterocycles. The Hall–Kier alpha value is -1.90. The molecular formula is C11H10N2O. The molecule has 0 aliphatic heterocycles. The highest BCUT2D eigenvalue weighted by atomic mass is 16.1. The van der Waals surface area contributed by atoms with Gasteiger partial charge in [0.1, 0.15) is 0 Å². The molecule has 0 spiro atoms. The van der Waals surface area contributed by atoms with Gasteiger partial charge in [-0.2, -0.15) is 0 Å². The number of H-pyrrole nitrogens is 1. The molecule has 14 heavy (non-hydrogen) atoms. The number of aromatic nitrogens is 2. The van der Waals surface area contributed by atoms with Gasteiger partial charge in [-0.15, -0.1) is 0 Å². The van der Waals surface area contributed by atoms with Gasteiger partial charge in [-0.3, -0.25) is 9.78 Å². The van der Waals surface area contributed by atoms with Crippen molar-refractivity contribution in [2.45, 2.75) is 6.92 Å². The van der Waals surface area contributed by atoms with Gasteiger partial charge >= 0.3 is 0 Å². The first-order chi connectivity index (χ1) is 6.77. The Morgan fingerprint density at radius 1 is 1.36 bits per heavy atom. The summed E-state index contributed by atoms with van der Waals surface area (Å²) in [7, 11) is 0. The largest absolute Gasteiger partial charge is 0.328 e. The smallest absolute Gasteiger partial charge is 0.250 e.